The first-order valence-electron chi connectivity index (χ1n) is 20.9. The Kier molecular flexibility index (Phi) is 40.1. The van der Waals surface area contributed by atoms with Crippen molar-refractivity contribution in [2.45, 2.75) is 258 Å². The quantitative estimate of drug-likeness (QED) is 0.0545. The smallest absolute Gasteiger partial charge is 0.303 e. The predicted octanol–water partition coefficient (Wildman–Crippen LogP) is 15.7. The fourth-order valence-electron chi connectivity index (χ4n) is 6.94. The van der Waals surface area contributed by atoms with Crippen LogP contribution in [0.5, 0.6) is 0 Å². The second-order valence-electron chi connectivity index (χ2n) is 14.6. The summed E-state index contributed by atoms with van der Waals surface area (Å²) in [7, 11) is 3.49. The molecule has 0 aliphatic heterocycles. The van der Waals surface area contributed by atoms with E-state index in [9.17, 15) is 4.79 Å². The summed E-state index contributed by atoms with van der Waals surface area (Å²) in [6.07, 6.45) is 46.3. The SMILES string of the molecule is CCCCCCCCCC(=O)O.CCCCCCCCCCCCC(CCCCCC)C(P)(CCCCCC)CCCCCC. The van der Waals surface area contributed by atoms with Crippen molar-refractivity contribution in [1.82, 2.24) is 0 Å². The summed E-state index contributed by atoms with van der Waals surface area (Å²) in [5.41, 5.74) is 0. The Morgan fingerprint density at radius 3 is 1.04 bits per heavy atom. The highest BCUT2D eigenvalue weighted by Gasteiger charge is 2.32. The molecule has 0 aromatic heterocycles. The largest absolute Gasteiger partial charge is 0.481 e. The first-order chi connectivity index (χ1) is 21.9. The molecule has 0 fully saturated rings. The number of rotatable bonds is 35. The topological polar surface area (TPSA) is 37.3 Å². The van der Waals surface area contributed by atoms with E-state index in [2.05, 4.69) is 43.9 Å². The van der Waals surface area contributed by atoms with Gasteiger partial charge < -0.3 is 5.11 Å². The van der Waals surface area contributed by atoms with E-state index >= 15 is 0 Å². The third kappa shape index (κ3) is 35.0. The van der Waals surface area contributed by atoms with E-state index < -0.39 is 5.97 Å². The maximum atomic E-state index is 10.1. The molecular weight excluding hydrogens is 567 g/mol. The molecule has 3 heteroatoms. The van der Waals surface area contributed by atoms with E-state index in [1.54, 1.807) is 0 Å². The molecule has 0 aliphatic carbocycles. The van der Waals surface area contributed by atoms with Crippen molar-refractivity contribution >= 4 is 15.2 Å². The van der Waals surface area contributed by atoms with Crippen molar-refractivity contribution in [2.75, 3.05) is 0 Å². The van der Waals surface area contributed by atoms with Crippen LogP contribution >= 0.6 is 9.24 Å². The third-order valence-corrected chi connectivity index (χ3v) is 11.2. The third-order valence-electron chi connectivity index (χ3n) is 10.1. The van der Waals surface area contributed by atoms with Crippen LogP contribution in [-0.2, 0) is 4.79 Å². The van der Waals surface area contributed by atoms with Gasteiger partial charge in [-0.2, -0.15) is 0 Å². The van der Waals surface area contributed by atoms with Crippen LogP contribution in [0.25, 0.3) is 0 Å². The maximum Gasteiger partial charge on any atom is 0.303 e. The van der Waals surface area contributed by atoms with Crippen LogP contribution in [0.4, 0.5) is 0 Å². The minimum Gasteiger partial charge on any atom is -0.481 e. The van der Waals surface area contributed by atoms with E-state index in [0.29, 0.717) is 11.6 Å². The molecule has 0 bridgehead atoms. The van der Waals surface area contributed by atoms with Crippen LogP contribution in [0.1, 0.15) is 253 Å². The van der Waals surface area contributed by atoms with Gasteiger partial charge in [0.2, 0.25) is 0 Å². The minimum absolute atomic E-state index is 0.341. The fourth-order valence-corrected chi connectivity index (χ4v) is 7.68. The van der Waals surface area contributed by atoms with Gasteiger partial charge >= 0.3 is 5.97 Å². The number of carbonyl (C=O) groups is 1. The zero-order chi connectivity index (χ0) is 33.7. The molecule has 0 spiro atoms. The van der Waals surface area contributed by atoms with Crippen molar-refractivity contribution < 1.29 is 9.90 Å². The van der Waals surface area contributed by atoms with Crippen LogP contribution in [-0.4, -0.2) is 16.2 Å². The summed E-state index contributed by atoms with van der Waals surface area (Å²) in [5, 5.41) is 8.88. The Morgan fingerprint density at radius 1 is 0.444 bits per heavy atom. The number of carboxylic acids is 1. The first kappa shape index (κ1) is 47.0. The number of carboxylic acid groups (broad SMARTS) is 1. The van der Waals surface area contributed by atoms with Gasteiger partial charge in [0.1, 0.15) is 0 Å². The summed E-state index contributed by atoms with van der Waals surface area (Å²) >= 11 is 0. The van der Waals surface area contributed by atoms with Gasteiger partial charge in [0, 0.05) is 6.42 Å². The molecule has 45 heavy (non-hydrogen) atoms. The zero-order valence-corrected chi connectivity index (χ0v) is 33.2. The van der Waals surface area contributed by atoms with Crippen molar-refractivity contribution in [1.29, 1.82) is 0 Å². The Bertz CT molecular complexity index is 551. The molecule has 0 saturated heterocycles. The lowest BCUT2D eigenvalue weighted by atomic mass is 9.77. The number of unbranched alkanes of at least 4 members (excludes halogenated alkanes) is 24. The fraction of sp³-hybridized carbons (Fsp3) is 0.976. The highest BCUT2D eigenvalue weighted by atomic mass is 31.0. The standard InChI is InChI=1S/C32H67P.C10H20O2/c1-5-9-13-17-18-19-20-21-22-24-28-31(27-23-14-10-6-2)32(33,29-25-15-11-7-3)30-26-16-12-8-4;1-2-3-4-5-6-7-8-9-10(11)12/h31H,5-30,33H2,1-4H3;2-9H2,1H3,(H,11,12). The Balaban J connectivity index is 0. The van der Waals surface area contributed by atoms with Crippen LogP contribution in [0.2, 0.25) is 0 Å². The molecule has 0 saturated carbocycles. The second kappa shape index (κ2) is 38.3. The van der Waals surface area contributed by atoms with Gasteiger partial charge in [0.05, 0.1) is 0 Å². The molecule has 272 valence electrons. The van der Waals surface area contributed by atoms with Crippen molar-refractivity contribution in [3.63, 3.8) is 0 Å². The summed E-state index contributed by atoms with van der Waals surface area (Å²) in [6, 6.07) is 0. The molecule has 0 amide bonds. The molecule has 0 aromatic rings. The van der Waals surface area contributed by atoms with Crippen molar-refractivity contribution in [3.8, 4) is 0 Å². The van der Waals surface area contributed by atoms with Crippen LogP contribution in [0, 0.1) is 5.92 Å². The molecule has 2 unspecified atom stereocenters. The molecule has 2 nitrogen and oxygen atoms in total. The zero-order valence-electron chi connectivity index (χ0n) is 32.1. The van der Waals surface area contributed by atoms with E-state index in [-0.39, 0.29) is 0 Å². The second-order valence-corrected chi connectivity index (χ2v) is 15.8. The van der Waals surface area contributed by atoms with E-state index in [4.69, 9.17) is 5.11 Å². The number of aliphatic carboxylic acids is 1. The van der Waals surface area contributed by atoms with Gasteiger partial charge in [-0.05, 0) is 43.2 Å². The van der Waals surface area contributed by atoms with Gasteiger partial charge in [-0.1, -0.05) is 214 Å². The van der Waals surface area contributed by atoms with E-state index in [1.807, 2.05) is 0 Å². The lowest BCUT2D eigenvalue weighted by Gasteiger charge is -2.39. The number of hydrogen-bond acceptors (Lipinski definition) is 1. The average molecular weight is 655 g/mol. The van der Waals surface area contributed by atoms with Gasteiger partial charge in [0.15, 0.2) is 0 Å². The van der Waals surface area contributed by atoms with E-state index in [1.165, 1.54) is 199 Å². The average Bonchev–Trinajstić information content (AvgIpc) is 3.03. The molecular formula is C42H87O2P. The Labute approximate surface area is 288 Å². The molecule has 0 aromatic carbocycles. The van der Waals surface area contributed by atoms with Gasteiger partial charge in [0.25, 0.3) is 0 Å². The number of hydrogen-bond donors (Lipinski definition) is 1. The molecule has 0 heterocycles. The lowest BCUT2D eigenvalue weighted by Crippen LogP contribution is -2.32. The van der Waals surface area contributed by atoms with Gasteiger partial charge in [-0.25, -0.2) is 0 Å². The summed E-state index contributed by atoms with van der Waals surface area (Å²) in [5.74, 6) is 0.278. The van der Waals surface area contributed by atoms with Crippen molar-refractivity contribution in [3.05, 3.63) is 0 Å². The highest BCUT2D eigenvalue weighted by Crippen LogP contribution is 2.44. The first-order valence-corrected chi connectivity index (χ1v) is 21.5. The monoisotopic (exact) mass is 655 g/mol. The summed E-state index contributed by atoms with van der Waals surface area (Å²) < 4.78 is 0. The minimum atomic E-state index is -0.663. The normalized spacial score (nSPS) is 12.2. The van der Waals surface area contributed by atoms with Crippen LogP contribution < -0.4 is 0 Å². The summed E-state index contributed by atoms with van der Waals surface area (Å²) in [4.78, 5) is 10.1. The lowest BCUT2D eigenvalue weighted by molar-refractivity contribution is -0.137. The van der Waals surface area contributed by atoms with Crippen LogP contribution in [0.3, 0.4) is 0 Å². The molecule has 0 radical (unpaired) electrons. The van der Waals surface area contributed by atoms with Crippen molar-refractivity contribution in [2.24, 2.45) is 5.92 Å². The molecule has 0 rings (SSSR count). The molecule has 2 atom stereocenters. The van der Waals surface area contributed by atoms with E-state index in [0.717, 1.165) is 18.8 Å². The maximum absolute atomic E-state index is 10.1. The summed E-state index contributed by atoms with van der Waals surface area (Å²) in [6.45, 7) is 11.6. The Morgan fingerprint density at radius 2 is 0.711 bits per heavy atom. The highest BCUT2D eigenvalue weighted by molar-refractivity contribution is 7.19. The van der Waals surface area contributed by atoms with Gasteiger partial charge in [-0.3, -0.25) is 4.79 Å². The Hall–Kier alpha value is -0.100. The molecule has 1 N–H and O–H groups in total. The van der Waals surface area contributed by atoms with Gasteiger partial charge in [-0.15, -0.1) is 9.24 Å². The predicted molar refractivity (Wildman–Crippen MR) is 209 cm³/mol. The van der Waals surface area contributed by atoms with Crippen LogP contribution in [0.15, 0.2) is 0 Å². The molecule has 0 aliphatic rings.